The Morgan fingerprint density at radius 3 is 2.53 bits per heavy atom. The molecule has 0 fully saturated rings. The summed E-state index contributed by atoms with van der Waals surface area (Å²) in [6.07, 6.45) is 0. The van der Waals surface area contributed by atoms with Gasteiger partial charge in [0.1, 0.15) is 23.1 Å². The number of benzene rings is 2. The first-order chi connectivity index (χ1) is 16.6. The van der Waals surface area contributed by atoms with Gasteiger partial charge in [0.25, 0.3) is 0 Å². The second kappa shape index (κ2) is 11.0. The van der Waals surface area contributed by atoms with Crippen molar-refractivity contribution in [2.45, 2.75) is 24.6 Å². The number of hydrogen-bond donors (Lipinski definition) is 0. The molecule has 8 nitrogen and oxygen atoms in total. The number of rotatable bonds is 10. The number of thioether (sulfide) groups is 1. The lowest BCUT2D eigenvalue weighted by Gasteiger charge is -2.11. The molecule has 2 aromatic carbocycles. The van der Waals surface area contributed by atoms with Crippen molar-refractivity contribution in [2.75, 3.05) is 12.9 Å². The standard InChI is InChI=1S/C24H21N5O3S2/c1-16-14-33-23(26-16)20(12-25)21(30)15-34-24-28-27-22(29(24)17-6-4-3-5-7-17)13-32-19-10-8-18(31-2)9-11-19/h3-11,14,20H,13,15H2,1-2H3. The molecule has 0 radical (unpaired) electrons. The smallest absolute Gasteiger partial charge is 0.196 e. The number of nitriles is 1. The predicted octanol–water partition coefficient (Wildman–Crippen LogP) is 4.59. The minimum Gasteiger partial charge on any atom is -0.497 e. The van der Waals surface area contributed by atoms with Crippen LogP contribution in [-0.2, 0) is 11.4 Å². The van der Waals surface area contributed by atoms with E-state index in [-0.39, 0.29) is 18.1 Å². The zero-order valence-corrected chi connectivity index (χ0v) is 20.2. The van der Waals surface area contributed by atoms with E-state index in [0.717, 1.165) is 17.1 Å². The molecule has 0 spiro atoms. The molecular weight excluding hydrogens is 470 g/mol. The third-order valence-electron chi connectivity index (χ3n) is 4.82. The number of para-hydroxylation sites is 1. The number of ether oxygens (including phenoxy) is 2. The van der Waals surface area contributed by atoms with Crippen molar-refractivity contribution in [1.82, 2.24) is 19.7 Å². The minimum atomic E-state index is -0.892. The number of hydrogen-bond acceptors (Lipinski definition) is 9. The number of aromatic nitrogens is 4. The molecule has 0 N–H and O–H groups in total. The number of methoxy groups -OCH3 is 1. The minimum absolute atomic E-state index is 0.0706. The van der Waals surface area contributed by atoms with Crippen LogP contribution in [0.3, 0.4) is 0 Å². The van der Waals surface area contributed by atoms with Gasteiger partial charge in [0.15, 0.2) is 22.7 Å². The Bertz CT molecular complexity index is 1300. The van der Waals surface area contributed by atoms with E-state index < -0.39 is 5.92 Å². The van der Waals surface area contributed by atoms with E-state index in [4.69, 9.17) is 9.47 Å². The summed E-state index contributed by atoms with van der Waals surface area (Å²) in [7, 11) is 1.61. The number of Topliss-reactive ketones (excluding diaryl/α,β-unsaturated/α-hetero) is 1. The third-order valence-corrected chi connectivity index (χ3v) is 6.80. The van der Waals surface area contributed by atoms with Gasteiger partial charge in [-0.05, 0) is 43.3 Å². The summed E-state index contributed by atoms with van der Waals surface area (Å²) in [5, 5.41) is 21.0. The summed E-state index contributed by atoms with van der Waals surface area (Å²) in [5.41, 5.74) is 1.65. The summed E-state index contributed by atoms with van der Waals surface area (Å²) in [5.74, 6) is 0.957. The summed E-state index contributed by atoms with van der Waals surface area (Å²) in [6.45, 7) is 2.02. The molecule has 1 unspecified atom stereocenters. The van der Waals surface area contributed by atoms with Crippen LogP contribution >= 0.6 is 23.1 Å². The second-order valence-corrected chi connectivity index (χ2v) is 9.01. The van der Waals surface area contributed by atoms with Gasteiger partial charge in [-0.1, -0.05) is 30.0 Å². The highest BCUT2D eigenvalue weighted by Crippen LogP contribution is 2.27. The molecule has 172 valence electrons. The molecule has 2 heterocycles. The van der Waals surface area contributed by atoms with Crippen molar-refractivity contribution in [3.05, 3.63) is 76.5 Å². The number of ketones is 1. The molecule has 4 aromatic rings. The Labute approximate surface area is 205 Å². The van der Waals surface area contributed by atoms with Crippen LogP contribution in [-0.4, -0.2) is 38.4 Å². The molecule has 10 heteroatoms. The molecule has 0 aliphatic rings. The Balaban J connectivity index is 1.52. The fourth-order valence-electron chi connectivity index (χ4n) is 3.13. The topological polar surface area (TPSA) is 103 Å². The van der Waals surface area contributed by atoms with Gasteiger partial charge in [-0.2, -0.15) is 5.26 Å². The number of carbonyl (C=O) groups excluding carboxylic acids is 1. The number of thiazole rings is 1. The predicted molar refractivity (Wildman–Crippen MR) is 130 cm³/mol. The van der Waals surface area contributed by atoms with E-state index >= 15 is 0 Å². The molecule has 34 heavy (non-hydrogen) atoms. The van der Waals surface area contributed by atoms with Gasteiger partial charge in [-0.15, -0.1) is 21.5 Å². The fraction of sp³-hybridized carbons (Fsp3) is 0.208. The maximum atomic E-state index is 12.8. The van der Waals surface area contributed by atoms with Crippen LogP contribution in [0.15, 0.2) is 65.1 Å². The number of aryl methyl sites for hydroxylation is 1. The van der Waals surface area contributed by atoms with E-state index in [0.29, 0.717) is 21.7 Å². The van der Waals surface area contributed by atoms with E-state index in [2.05, 4.69) is 21.3 Å². The molecule has 1 atom stereocenters. The van der Waals surface area contributed by atoms with Gasteiger partial charge < -0.3 is 9.47 Å². The van der Waals surface area contributed by atoms with Crippen molar-refractivity contribution in [3.63, 3.8) is 0 Å². The first-order valence-corrected chi connectivity index (χ1v) is 12.2. The molecule has 2 aromatic heterocycles. The van der Waals surface area contributed by atoms with Crippen molar-refractivity contribution < 1.29 is 14.3 Å². The van der Waals surface area contributed by atoms with E-state index in [9.17, 15) is 10.1 Å². The highest BCUT2D eigenvalue weighted by Gasteiger charge is 2.25. The molecule has 0 saturated heterocycles. The number of nitrogens with zero attached hydrogens (tertiary/aromatic N) is 5. The molecule has 0 aliphatic heterocycles. The third kappa shape index (κ3) is 5.44. The summed E-state index contributed by atoms with van der Waals surface area (Å²) < 4.78 is 12.9. The Morgan fingerprint density at radius 1 is 1.15 bits per heavy atom. The quantitative estimate of drug-likeness (QED) is 0.297. The highest BCUT2D eigenvalue weighted by atomic mass is 32.2. The lowest BCUT2D eigenvalue weighted by Crippen LogP contribution is -2.14. The van der Waals surface area contributed by atoms with Gasteiger partial charge in [0, 0.05) is 16.8 Å². The summed E-state index contributed by atoms with van der Waals surface area (Å²) in [6, 6.07) is 19.0. The Morgan fingerprint density at radius 2 is 1.88 bits per heavy atom. The van der Waals surface area contributed by atoms with E-state index in [1.807, 2.05) is 71.5 Å². The van der Waals surface area contributed by atoms with Crippen LogP contribution < -0.4 is 9.47 Å². The van der Waals surface area contributed by atoms with Crippen molar-refractivity contribution in [3.8, 4) is 23.3 Å². The van der Waals surface area contributed by atoms with Crippen molar-refractivity contribution >= 4 is 28.9 Å². The average Bonchev–Trinajstić information content (AvgIpc) is 3.48. The lowest BCUT2D eigenvalue weighted by molar-refractivity contribution is -0.116. The van der Waals surface area contributed by atoms with Crippen LogP contribution in [0, 0.1) is 18.3 Å². The Kier molecular flexibility index (Phi) is 7.57. The Hall–Kier alpha value is -3.68. The molecule has 0 amide bonds. The van der Waals surface area contributed by atoms with E-state index in [1.54, 1.807) is 7.11 Å². The highest BCUT2D eigenvalue weighted by molar-refractivity contribution is 7.99. The lowest BCUT2D eigenvalue weighted by atomic mass is 10.1. The zero-order valence-electron chi connectivity index (χ0n) is 18.5. The van der Waals surface area contributed by atoms with Gasteiger partial charge >= 0.3 is 0 Å². The molecule has 0 bridgehead atoms. The first kappa shape index (κ1) is 23.5. The zero-order chi connectivity index (χ0) is 23.9. The molecule has 4 rings (SSSR count). The van der Waals surface area contributed by atoms with E-state index in [1.165, 1.54) is 23.1 Å². The molecule has 0 aliphatic carbocycles. The van der Waals surface area contributed by atoms with Crippen molar-refractivity contribution in [1.29, 1.82) is 5.26 Å². The van der Waals surface area contributed by atoms with Crippen LogP contribution in [0.2, 0.25) is 0 Å². The maximum absolute atomic E-state index is 12.8. The van der Waals surface area contributed by atoms with Crippen LogP contribution in [0.1, 0.15) is 22.4 Å². The van der Waals surface area contributed by atoms with Crippen LogP contribution in [0.5, 0.6) is 11.5 Å². The number of carbonyl (C=O) groups is 1. The van der Waals surface area contributed by atoms with Gasteiger partial charge in [-0.25, -0.2) is 4.98 Å². The van der Waals surface area contributed by atoms with Gasteiger partial charge in [-0.3, -0.25) is 9.36 Å². The van der Waals surface area contributed by atoms with Gasteiger partial charge in [0.2, 0.25) is 0 Å². The monoisotopic (exact) mass is 491 g/mol. The van der Waals surface area contributed by atoms with Gasteiger partial charge in [0.05, 0.1) is 18.9 Å². The van der Waals surface area contributed by atoms with Crippen LogP contribution in [0.25, 0.3) is 5.69 Å². The normalized spacial score (nSPS) is 11.6. The average molecular weight is 492 g/mol. The van der Waals surface area contributed by atoms with Crippen LogP contribution in [0.4, 0.5) is 0 Å². The summed E-state index contributed by atoms with van der Waals surface area (Å²) in [4.78, 5) is 17.1. The molecular formula is C24H21N5O3S2. The SMILES string of the molecule is COc1ccc(OCc2nnc(SCC(=O)C(C#N)c3nc(C)cs3)n2-c2ccccc2)cc1. The molecule has 0 saturated carbocycles. The first-order valence-electron chi connectivity index (χ1n) is 10.3. The maximum Gasteiger partial charge on any atom is 0.196 e. The second-order valence-electron chi connectivity index (χ2n) is 7.18. The largest absolute Gasteiger partial charge is 0.497 e. The summed E-state index contributed by atoms with van der Waals surface area (Å²) >= 11 is 2.56. The van der Waals surface area contributed by atoms with Crippen molar-refractivity contribution in [2.24, 2.45) is 0 Å². The fourth-order valence-corrected chi connectivity index (χ4v) is 4.87.